The van der Waals surface area contributed by atoms with Gasteiger partial charge in [0.2, 0.25) is 0 Å². The van der Waals surface area contributed by atoms with Crippen LogP contribution in [0.25, 0.3) is 0 Å². The summed E-state index contributed by atoms with van der Waals surface area (Å²) < 4.78 is 6.57. The number of rotatable bonds is 6. The van der Waals surface area contributed by atoms with Crippen LogP contribution in [0.3, 0.4) is 0 Å². The van der Waals surface area contributed by atoms with Gasteiger partial charge in [0.05, 0.1) is 17.7 Å². The van der Waals surface area contributed by atoms with Gasteiger partial charge in [0.25, 0.3) is 0 Å². The van der Waals surface area contributed by atoms with Crippen molar-refractivity contribution in [2.75, 3.05) is 13.2 Å². The van der Waals surface area contributed by atoms with Crippen molar-refractivity contribution >= 4 is 38.9 Å². The molecular weight excluding hydrogens is 370 g/mol. The third kappa shape index (κ3) is 3.81. The molecule has 0 amide bonds. The Labute approximate surface area is 143 Å². The number of aryl methyl sites for hydroxylation is 1. The summed E-state index contributed by atoms with van der Waals surface area (Å²) in [5, 5.41) is 6.47. The number of nitrogens with one attached hydrogen (secondary N) is 1. The molecule has 0 saturated carbocycles. The van der Waals surface area contributed by atoms with Crippen molar-refractivity contribution in [2.45, 2.75) is 26.8 Å². The van der Waals surface area contributed by atoms with Gasteiger partial charge in [-0.25, -0.2) is 0 Å². The number of hydrogen-bond acceptors (Lipinski definition) is 3. The van der Waals surface area contributed by atoms with Crippen LogP contribution in [0.15, 0.2) is 28.1 Å². The lowest BCUT2D eigenvalue weighted by molar-refractivity contribution is 0.340. The molecule has 1 unspecified atom stereocenters. The highest BCUT2D eigenvalue weighted by Crippen LogP contribution is 2.38. The van der Waals surface area contributed by atoms with E-state index in [1.54, 1.807) is 11.3 Å². The van der Waals surface area contributed by atoms with E-state index >= 15 is 0 Å². The van der Waals surface area contributed by atoms with E-state index in [-0.39, 0.29) is 6.04 Å². The number of halogens is 2. The van der Waals surface area contributed by atoms with Gasteiger partial charge in [-0.2, -0.15) is 0 Å². The molecule has 1 aromatic carbocycles. The summed E-state index contributed by atoms with van der Waals surface area (Å²) in [6.45, 7) is 7.66. The molecule has 0 spiro atoms. The summed E-state index contributed by atoms with van der Waals surface area (Å²) in [6.07, 6.45) is 0. The molecule has 1 N–H and O–H groups in total. The van der Waals surface area contributed by atoms with Crippen LogP contribution in [-0.4, -0.2) is 13.2 Å². The zero-order valence-corrected chi connectivity index (χ0v) is 15.5. The van der Waals surface area contributed by atoms with Crippen LogP contribution in [0, 0.1) is 6.92 Å². The van der Waals surface area contributed by atoms with Crippen LogP contribution >= 0.6 is 38.9 Å². The van der Waals surface area contributed by atoms with E-state index in [9.17, 15) is 0 Å². The van der Waals surface area contributed by atoms with Crippen LogP contribution in [0.2, 0.25) is 5.02 Å². The van der Waals surface area contributed by atoms with Crippen molar-refractivity contribution in [2.24, 2.45) is 0 Å². The fraction of sp³-hybridized carbons (Fsp3) is 0.375. The Morgan fingerprint density at radius 1 is 1.38 bits per heavy atom. The van der Waals surface area contributed by atoms with Crippen molar-refractivity contribution in [3.05, 3.63) is 49.1 Å². The van der Waals surface area contributed by atoms with E-state index in [2.05, 4.69) is 39.6 Å². The molecule has 0 aliphatic rings. The van der Waals surface area contributed by atoms with E-state index in [4.69, 9.17) is 16.3 Å². The summed E-state index contributed by atoms with van der Waals surface area (Å²) in [7, 11) is 0. The van der Waals surface area contributed by atoms with Crippen LogP contribution in [-0.2, 0) is 0 Å². The second kappa shape index (κ2) is 7.63. The quantitative estimate of drug-likeness (QED) is 0.698. The van der Waals surface area contributed by atoms with Crippen LogP contribution in [0.4, 0.5) is 0 Å². The molecule has 2 rings (SSSR count). The first-order valence-corrected chi connectivity index (χ1v) is 9.02. The first-order valence-electron chi connectivity index (χ1n) is 6.97. The van der Waals surface area contributed by atoms with Gasteiger partial charge in [0.15, 0.2) is 0 Å². The minimum absolute atomic E-state index is 0.0891. The number of benzene rings is 1. The Hall–Kier alpha value is -0.550. The zero-order valence-electron chi connectivity index (χ0n) is 12.4. The van der Waals surface area contributed by atoms with Crippen molar-refractivity contribution in [3.8, 4) is 5.75 Å². The summed E-state index contributed by atoms with van der Waals surface area (Å²) in [5.41, 5.74) is 2.30. The SMILES string of the molecule is CCNC(c1ccc(OCC)cc1Br)c1scc(C)c1Cl. The molecule has 0 aliphatic heterocycles. The summed E-state index contributed by atoms with van der Waals surface area (Å²) in [6, 6.07) is 6.19. The van der Waals surface area contributed by atoms with Gasteiger partial charge in [-0.3, -0.25) is 0 Å². The number of thiophene rings is 1. The molecule has 2 nitrogen and oxygen atoms in total. The van der Waals surface area contributed by atoms with E-state index in [1.165, 1.54) is 5.56 Å². The second-order valence-corrected chi connectivity index (χ2v) is 6.85. The normalized spacial score (nSPS) is 12.4. The minimum atomic E-state index is 0.0891. The first kappa shape index (κ1) is 16.8. The third-order valence-electron chi connectivity index (χ3n) is 3.19. The predicted molar refractivity (Wildman–Crippen MR) is 94.9 cm³/mol. The Morgan fingerprint density at radius 2 is 2.14 bits per heavy atom. The molecule has 0 aliphatic carbocycles. The summed E-state index contributed by atoms with van der Waals surface area (Å²) in [5.74, 6) is 0.872. The fourth-order valence-electron chi connectivity index (χ4n) is 2.19. The maximum Gasteiger partial charge on any atom is 0.120 e. The van der Waals surface area contributed by atoms with Crippen LogP contribution in [0.5, 0.6) is 5.75 Å². The largest absolute Gasteiger partial charge is 0.494 e. The molecule has 114 valence electrons. The molecule has 0 bridgehead atoms. The lowest BCUT2D eigenvalue weighted by Gasteiger charge is -2.20. The topological polar surface area (TPSA) is 21.3 Å². The van der Waals surface area contributed by atoms with E-state index in [0.717, 1.165) is 32.2 Å². The molecule has 0 saturated heterocycles. The average molecular weight is 389 g/mol. The van der Waals surface area contributed by atoms with Gasteiger partial charge in [-0.1, -0.05) is 40.5 Å². The van der Waals surface area contributed by atoms with Crippen LogP contribution in [0.1, 0.15) is 35.9 Å². The molecule has 0 fully saturated rings. The monoisotopic (exact) mass is 387 g/mol. The maximum absolute atomic E-state index is 6.45. The molecule has 5 heteroatoms. The molecular formula is C16H19BrClNOS. The van der Waals surface area contributed by atoms with Crippen molar-refractivity contribution in [1.29, 1.82) is 0 Å². The highest BCUT2D eigenvalue weighted by molar-refractivity contribution is 9.10. The predicted octanol–water partition coefficient (Wildman–Crippen LogP) is 5.57. The third-order valence-corrected chi connectivity index (χ3v) is 5.66. The molecule has 1 aromatic heterocycles. The smallest absolute Gasteiger partial charge is 0.120 e. The maximum atomic E-state index is 6.45. The Morgan fingerprint density at radius 3 is 2.67 bits per heavy atom. The van der Waals surface area contributed by atoms with E-state index in [0.29, 0.717) is 6.61 Å². The fourth-order valence-corrected chi connectivity index (χ4v) is 4.17. The molecule has 1 heterocycles. The van der Waals surface area contributed by atoms with Crippen molar-refractivity contribution in [3.63, 3.8) is 0 Å². The number of hydrogen-bond donors (Lipinski definition) is 1. The first-order chi connectivity index (χ1) is 10.1. The van der Waals surface area contributed by atoms with Crippen molar-refractivity contribution in [1.82, 2.24) is 5.32 Å². The molecule has 1 atom stereocenters. The summed E-state index contributed by atoms with van der Waals surface area (Å²) in [4.78, 5) is 1.15. The zero-order chi connectivity index (χ0) is 15.4. The summed E-state index contributed by atoms with van der Waals surface area (Å²) >= 11 is 11.8. The lowest BCUT2D eigenvalue weighted by atomic mass is 10.0. The Kier molecular flexibility index (Phi) is 6.11. The highest BCUT2D eigenvalue weighted by Gasteiger charge is 2.21. The lowest BCUT2D eigenvalue weighted by Crippen LogP contribution is -2.21. The van der Waals surface area contributed by atoms with Gasteiger partial charge >= 0.3 is 0 Å². The second-order valence-electron chi connectivity index (χ2n) is 4.70. The van der Waals surface area contributed by atoms with Gasteiger partial charge in [0.1, 0.15) is 5.75 Å². The van der Waals surface area contributed by atoms with Gasteiger partial charge in [-0.15, -0.1) is 11.3 Å². The minimum Gasteiger partial charge on any atom is -0.494 e. The standard InChI is InChI=1S/C16H19BrClNOS/c1-4-19-15(16-14(18)10(3)9-21-16)12-7-6-11(20-5-2)8-13(12)17/h6-9,15,19H,4-5H2,1-3H3. The van der Waals surface area contributed by atoms with Crippen molar-refractivity contribution < 1.29 is 4.74 Å². The highest BCUT2D eigenvalue weighted by atomic mass is 79.9. The molecule has 0 radical (unpaired) electrons. The average Bonchev–Trinajstić information content (AvgIpc) is 2.78. The van der Waals surface area contributed by atoms with Gasteiger partial charge in [-0.05, 0) is 49.0 Å². The molecule has 2 aromatic rings. The van der Waals surface area contributed by atoms with Gasteiger partial charge < -0.3 is 10.1 Å². The molecule has 21 heavy (non-hydrogen) atoms. The van der Waals surface area contributed by atoms with Crippen LogP contribution < -0.4 is 10.1 Å². The van der Waals surface area contributed by atoms with Gasteiger partial charge in [0, 0.05) is 9.35 Å². The van der Waals surface area contributed by atoms with E-state index < -0.39 is 0 Å². The Bertz CT molecular complexity index is 614. The van der Waals surface area contributed by atoms with E-state index in [1.807, 2.05) is 26.0 Å². The Balaban J connectivity index is 2.41. The number of ether oxygens (including phenoxy) is 1.